The summed E-state index contributed by atoms with van der Waals surface area (Å²) in [5.41, 5.74) is 1.57. The standard InChI is InChI=1S/C13H11N5O/c1-19-10-4-2-9(3-5-10)12-16-13(18-17-12)11-8-14-6-7-15-11/h2-8H,1H3,(H,16,17,18). The van der Waals surface area contributed by atoms with Gasteiger partial charge in [-0.25, -0.2) is 9.97 Å². The molecule has 0 spiro atoms. The maximum Gasteiger partial charge on any atom is 0.181 e. The van der Waals surface area contributed by atoms with Crippen LogP contribution in [0.2, 0.25) is 0 Å². The summed E-state index contributed by atoms with van der Waals surface area (Å²) < 4.78 is 5.11. The van der Waals surface area contributed by atoms with Crippen LogP contribution in [0.4, 0.5) is 0 Å². The highest BCUT2D eigenvalue weighted by atomic mass is 16.5. The Kier molecular flexibility index (Phi) is 2.89. The van der Waals surface area contributed by atoms with E-state index in [1.807, 2.05) is 24.3 Å². The number of ether oxygens (including phenoxy) is 1. The van der Waals surface area contributed by atoms with Gasteiger partial charge in [0.25, 0.3) is 0 Å². The van der Waals surface area contributed by atoms with Gasteiger partial charge in [-0.3, -0.25) is 10.1 Å². The summed E-state index contributed by atoms with van der Waals surface area (Å²) in [6.07, 6.45) is 4.87. The van der Waals surface area contributed by atoms with Gasteiger partial charge in [0.05, 0.1) is 13.3 Å². The molecule has 19 heavy (non-hydrogen) atoms. The first-order valence-electron chi connectivity index (χ1n) is 5.70. The van der Waals surface area contributed by atoms with Crippen molar-refractivity contribution in [1.29, 1.82) is 0 Å². The van der Waals surface area contributed by atoms with Crippen LogP contribution in [0.25, 0.3) is 22.9 Å². The number of H-pyrrole nitrogens is 1. The van der Waals surface area contributed by atoms with Crippen LogP contribution in [0.15, 0.2) is 42.9 Å². The van der Waals surface area contributed by atoms with E-state index in [9.17, 15) is 0 Å². The van der Waals surface area contributed by atoms with Gasteiger partial charge in [-0.1, -0.05) is 0 Å². The molecular weight excluding hydrogens is 242 g/mol. The van der Waals surface area contributed by atoms with E-state index in [1.54, 1.807) is 25.7 Å². The first-order valence-corrected chi connectivity index (χ1v) is 5.70. The number of nitrogens with zero attached hydrogens (tertiary/aromatic N) is 4. The third-order valence-corrected chi connectivity index (χ3v) is 2.64. The lowest BCUT2D eigenvalue weighted by molar-refractivity contribution is 0.415. The zero-order valence-corrected chi connectivity index (χ0v) is 10.2. The Hall–Kier alpha value is -2.76. The third kappa shape index (κ3) is 2.28. The van der Waals surface area contributed by atoms with Gasteiger partial charge in [-0.2, -0.15) is 5.10 Å². The Morgan fingerprint density at radius 1 is 1.11 bits per heavy atom. The van der Waals surface area contributed by atoms with E-state index in [-0.39, 0.29) is 0 Å². The average Bonchev–Trinajstić information content (AvgIpc) is 2.98. The van der Waals surface area contributed by atoms with Gasteiger partial charge in [0, 0.05) is 18.0 Å². The molecule has 0 aliphatic rings. The molecule has 0 fully saturated rings. The molecule has 0 saturated carbocycles. The summed E-state index contributed by atoms with van der Waals surface area (Å²) in [5, 5.41) is 7.03. The number of aromatic nitrogens is 5. The Bertz CT molecular complexity index is 663. The second-order valence-electron chi connectivity index (χ2n) is 3.83. The molecule has 0 atom stereocenters. The van der Waals surface area contributed by atoms with E-state index in [4.69, 9.17) is 4.74 Å². The lowest BCUT2D eigenvalue weighted by Gasteiger charge is -1.99. The van der Waals surface area contributed by atoms with Crippen molar-refractivity contribution in [1.82, 2.24) is 25.1 Å². The smallest absolute Gasteiger partial charge is 0.181 e. The molecule has 2 heterocycles. The third-order valence-electron chi connectivity index (χ3n) is 2.64. The van der Waals surface area contributed by atoms with Crippen LogP contribution in [0.3, 0.4) is 0 Å². The Morgan fingerprint density at radius 2 is 1.95 bits per heavy atom. The van der Waals surface area contributed by atoms with E-state index in [0.29, 0.717) is 17.3 Å². The fraction of sp³-hybridized carbons (Fsp3) is 0.0769. The number of methoxy groups -OCH3 is 1. The molecule has 1 aromatic carbocycles. The molecule has 3 aromatic rings. The molecule has 0 saturated heterocycles. The molecule has 0 aliphatic carbocycles. The van der Waals surface area contributed by atoms with Crippen LogP contribution in [-0.2, 0) is 0 Å². The lowest BCUT2D eigenvalue weighted by Crippen LogP contribution is -1.86. The Balaban J connectivity index is 1.92. The minimum absolute atomic E-state index is 0.596. The molecule has 3 rings (SSSR count). The highest BCUT2D eigenvalue weighted by Gasteiger charge is 2.08. The van der Waals surface area contributed by atoms with Crippen molar-refractivity contribution in [3.8, 4) is 28.7 Å². The van der Waals surface area contributed by atoms with E-state index >= 15 is 0 Å². The van der Waals surface area contributed by atoms with Crippen molar-refractivity contribution in [2.24, 2.45) is 0 Å². The quantitative estimate of drug-likeness (QED) is 0.771. The molecule has 6 heteroatoms. The Morgan fingerprint density at radius 3 is 2.63 bits per heavy atom. The van der Waals surface area contributed by atoms with E-state index in [0.717, 1.165) is 11.3 Å². The number of aromatic amines is 1. The molecular formula is C13H11N5O. The summed E-state index contributed by atoms with van der Waals surface area (Å²) in [6.45, 7) is 0. The Labute approximate surface area is 109 Å². The minimum Gasteiger partial charge on any atom is -0.497 e. The maximum atomic E-state index is 5.11. The summed E-state index contributed by atoms with van der Waals surface area (Å²) in [5.74, 6) is 2.01. The summed E-state index contributed by atoms with van der Waals surface area (Å²) in [6, 6.07) is 7.55. The zero-order chi connectivity index (χ0) is 13.1. The number of hydrogen-bond donors (Lipinski definition) is 1. The van der Waals surface area contributed by atoms with Crippen LogP contribution in [-0.4, -0.2) is 32.3 Å². The van der Waals surface area contributed by atoms with Crippen molar-refractivity contribution in [3.05, 3.63) is 42.9 Å². The molecule has 1 N–H and O–H groups in total. The molecule has 2 aromatic heterocycles. The number of nitrogens with one attached hydrogen (secondary N) is 1. The fourth-order valence-electron chi connectivity index (χ4n) is 1.67. The van der Waals surface area contributed by atoms with Gasteiger partial charge < -0.3 is 4.74 Å². The van der Waals surface area contributed by atoms with E-state index < -0.39 is 0 Å². The molecule has 0 amide bonds. The first kappa shape index (κ1) is 11.3. The maximum absolute atomic E-state index is 5.11. The van der Waals surface area contributed by atoms with Crippen LogP contribution < -0.4 is 4.74 Å². The van der Waals surface area contributed by atoms with Gasteiger partial charge in [-0.15, -0.1) is 0 Å². The van der Waals surface area contributed by atoms with Crippen molar-refractivity contribution in [2.45, 2.75) is 0 Å². The predicted octanol–water partition coefficient (Wildman–Crippen LogP) is 1.94. The monoisotopic (exact) mass is 253 g/mol. The molecule has 94 valence electrons. The summed E-state index contributed by atoms with van der Waals surface area (Å²) in [4.78, 5) is 12.6. The van der Waals surface area contributed by atoms with Crippen LogP contribution >= 0.6 is 0 Å². The van der Waals surface area contributed by atoms with Gasteiger partial charge in [0.2, 0.25) is 0 Å². The topological polar surface area (TPSA) is 76.6 Å². The molecule has 0 radical (unpaired) electrons. The lowest BCUT2D eigenvalue weighted by atomic mass is 10.2. The fourth-order valence-corrected chi connectivity index (χ4v) is 1.67. The number of benzene rings is 1. The van der Waals surface area contributed by atoms with Crippen LogP contribution in [0, 0.1) is 0 Å². The molecule has 0 bridgehead atoms. The first-order chi connectivity index (χ1) is 9.36. The normalized spacial score (nSPS) is 10.4. The summed E-state index contributed by atoms with van der Waals surface area (Å²) >= 11 is 0. The van der Waals surface area contributed by atoms with Crippen molar-refractivity contribution in [3.63, 3.8) is 0 Å². The highest BCUT2D eigenvalue weighted by Crippen LogP contribution is 2.20. The van der Waals surface area contributed by atoms with Gasteiger partial charge in [0.1, 0.15) is 11.4 Å². The van der Waals surface area contributed by atoms with Gasteiger partial charge >= 0.3 is 0 Å². The SMILES string of the molecule is COc1ccc(-c2n[nH]c(-c3cnccn3)n2)cc1. The van der Waals surface area contributed by atoms with Crippen LogP contribution in [0.5, 0.6) is 5.75 Å². The van der Waals surface area contributed by atoms with Crippen molar-refractivity contribution in [2.75, 3.05) is 7.11 Å². The number of hydrogen-bond acceptors (Lipinski definition) is 5. The minimum atomic E-state index is 0.596. The predicted molar refractivity (Wildman–Crippen MR) is 69.4 cm³/mol. The van der Waals surface area contributed by atoms with E-state index in [1.165, 1.54) is 0 Å². The second kappa shape index (κ2) is 4.85. The number of rotatable bonds is 3. The van der Waals surface area contributed by atoms with Crippen molar-refractivity contribution < 1.29 is 4.74 Å². The molecule has 0 aliphatic heterocycles. The zero-order valence-electron chi connectivity index (χ0n) is 10.2. The van der Waals surface area contributed by atoms with Crippen molar-refractivity contribution >= 4 is 0 Å². The van der Waals surface area contributed by atoms with E-state index in [2.05, 4.69) is 25.1 Å². The molecule has 6 nitrogen and oxygen atoms in total. The summed E-state index contributed by atoms with van der Waals surface area (Å²) in [7, 11) is 1.63. The largest absolute Gasteiger partial charge is 0.497 e. The van der Waals surface area contributed by atoms with Gasteiger partial charge in [0.15, 0.2) is 11.6 Å². The molecule has 0 unspecified atom stereocenters. The van der Waals surface area contributed by atoms with Gasteiger partial charge in [-0.05, 0) is 24.3 Å². The second-order valence-corrected chi connectivity index (χ2v) is 3.83. The van der Waals surface area contributed by atoms with Crippen LogP contribution in [0.1, 0.15) is 0 Å². The highest BCUT2D eigenvalue weighted by molar-refractivity contribution is 5.59. The average molecular weight is 253 g/mol.